The lowest BCUT2D eigenvalue weighted by atomic mass is 10.0. The number of rotatable bonds is 4. The van der Waals surface area contributed by atoms with Gasteiger partial charge in [-0.1, -0.05) is 29.8 Å². The van der Waals surface area contributed by atoms with E-state index in [0.717, 1.165) is 33.2 Å². The van der Waals surface area contributed by atoms with Crippen molar-refractivity contribution in [2.75, 3.05) is 7.11 Å². The fraction of sp³-hybridized carbons (Fsp3) is 0.286. The molecule has 1 heterocycles. The number of ether oxygens (including phenoxy) is 1. The summed E-state index contributed by atoms with van der Waals surface area (Å²) in [5.41, 5.74) is 8.43. The maximum absolute atomic E-state index is 6.24. The molecule has 0 amide bonds. The third kappa shape index (κ3) is 2.69. The summed E-state index contributed by atoms with van der Waals surface area (Å²) in [6, 6.07) is 7.84. The molecule has 0 fully saturated rings. The van der Waals surface area contributed by atoms with Crippen molar-refractivity contribution in [3.63, 3.8) is 0 Å². The first-order valence-electron chi connectivity index (χ1n) is 5.74. The lowest BCUT2D eigenvalue weighted by molar-refractivity contribution is 0.408. The maximum atomic E-state index is 6.24. The highest BCUT2D eigenvalue weighted by Gasteiger charge is 2.16. The SMILES string of the molecule is COc1ccccc1CC(N)c1scc(C)c1Cl. The summed E-state index contributed by atoms with van der Waals surface area (Å²) >= 11 is 7.86. The first-order valence-corrected chi connectivity index (χ1v) is 7.00. The van der Waals surface area contributed by atoms with Crippen molar-refractivity contribution >= 4 is 22.9 Å². The number of hydrogen-bond donors (Lipinski definition) is 1. The molecular formula is C14H16ClNOS. The van der Waals surface area contributed by atoms with Gasteiger partial charge in [0.15, 0.2) is 0 Å². The molecule has 18 heavy (non-hydrogen) atoms. The molecule has 1 aromatic heterocycles. The summed E-state index contributed by atoms with van der Waals surface area (Å²) in [5, 5.41) is 2.84. The summed E-state index contributed by atoms with van der Waals surface area (Å²) in [4.78, 5) is 1.04. The minimum Gasteiger partial charge on any atom is -0.496 e. The molecule has 0 aliphatic heterocycles. The van der Waals surface area contributed by atoms with Crippen molar-refractivity contribution in [2.24, 2.45) is 5.73 Å². The Hall–Kier alpha value is -1.03. The van der Waals surface area contributed by atoms with Gasteiger partial charge in [-0.2, -0.15) is 0 Å². The van der Waals surface area contributed by atoms with Crippen LogP contribution in [0, 0.1) is 6.92 Å². The van der Waals surface area contributed by atoms with E-state index in [-0.39, 0.29) is 6.04 Å². The summed E-state index contributed by atoms with van der Waals surface area (Å²) in [6.07, 6.45) is 0.726. The first kappa shape index (κ1) is 13.4. The Labute approximate surface area is 116 Å². The number of halogens is 1. The molecule has 0 saturated carbocycles. The molecule has 2 nitrogen and oxygen atoms in total. The van der Waals surface area contributed by atoms with E-state index in [1.807, 2.05) is 36.6 Å². The van der Waals surface area contributed by atoms with E-state index in [4.69, 9.17) is 22.1 Å². The molecule has 4 heteroatoms. The Kier molecular flexibility index (Phi) is 4.27. The summed E-state index contributed by atoms with van der Waals surface area (Å²) in [6.45, 7) is 2.00. The third-order valence-electron chi connectivity index (χ3n) is 2.89. The molecule has 1 atom stereocenters. The first-order chi connectivity index (χ1) is 8.63. The zero-order valence-corrected chi connectivity index (χ0v) is 12.0. The normalized spacial score (nSPS) is 12.4. The largest absolute Gasteiger partial charge is 0.496 e. The molecule has 2 N–H and O–H groups in total. The Morgan fingerprint density at radius 2 is 2.11 bits per heavy atom. The topological polar surface area (TPSA) is 35.2 Å². The molecule has 0 spiro atoms. The summed E-state index contributed by atoms with van der Waals surface area (Å²) in [7, 11) is 1.67. The van der Waals surface area contributed by atoms with Crippen LogP contribution < -0.4 is 10.5 Å². The van der Waals surface area contributed by atoms with E-state index in [1.165, 1.54) is 0 Å². The van der Waals surface area contributed by atoms with Crippen molar-refractivity contribution < 1.29 is 4.74 Å². The molecule has 0 aliphatic rings. The van der Waals surface area contributed by atoms with Crippen molar-refractivity contribution in [1.29, 1.82) is 0 Å². The Balaban J connectivity index is 2.21. The van der Waals surface area contributed by atoms with Crippen LogP contribution in [0.3, 0.4) is 0 Å². The van der Waals surface area contributed by atoms with Crippen LogP contribution in [0.4, 0.5) is 0 Å². The van der Waals surface area contributed by atoms with Gasteiger partial charge in [-0.05, 0) is 35.9 Å². The highest BCUT2D eigenvalue weighted by atomic mass is 35.5. The molecular weight excluding hydrogens is 266 g/mol. The lowest BCUT2D eigenvalue weighted by Crippen LogP contribution is -2.13. The second-order valence-corrected chi connectivity index (χ2v) is 5.51. The van der Waals surface area contributed by atoms with Gasteiger partial charge in [-0.3, -0.25) is 0 Å². The zero-order valence-electron chi connectivity index (χ0n) is 10.4. The van der Waals surface area contributed by atoms with Crippen LogP contribution in [0.2, 0.25) is 5.02 Å². The molecule has 0 aliphatic carbocycles. The van der Waals surface area contributed by atoms with Crippen LogP contribution in [0.25, 0.3) is 0 Å². The van der Waals surface area contributed by atoms with Gasteiger partial charge in [0.25, 0.3) is 0 Å². The second-order valence-electron chi connectivity index (χ2n) is 4.22. The number of hydrogen-bond acceptors (Lipinski definition) is 3. The van der Waals surface area contributed by atoms with Gasteiger partial charge in [0.2, 0.25) is 0 Å². The predicted octanol–water partition coefficient (Wildman–Crippen LogP) is 3.96. The van der Waals surface area contributed by atoms with Crippen LogP contribution in [-0.4, -0.2) is 7.11 Å². The Morgan fingerprint density at radius 3 is 2.72 bits per heavy atom. The van der Waals surface area contributed by atoms with E-state index in [0.29, 0.717) is 0 Å². The van der Waals surface area contributed by atoms with Crippen LogP contribution in [0.5, 0.6) is 5.75 Å². The number of nitrogens with two attached hydrogens (primary N) is 1. The van der Waals surface area contributed by atoms with Crippen molar-refractivity contribution in [3.05, 3.63) is 50.7 Å². The van der Waals surface area contributed by atoms with Gasteiger partial charge in [0, 0.05) is 10.9 Å². The van der Waals surface area contributed by atoms with Crippen molar-refractivity contribution in [1.82, 2.24) is 0 Å². The van der Waals surface area contributed by atoms with Crippen molar-refractivity contribution in [3.8, 4) is 5.75 Å². The number of aryl methyl sites for hydroxylation is 1. The zero-order chi connectivity index (χ0) is 13.1. The Bertz CT molecular complexity index is 538. The average molecular weight is 282 g/mol. The summed E-state index contributed by atoms with van der Waals surface area (Å²) in [5.74, 6) is 0.873. The third-order valence-corrected chi connectivity index (χ3v) is 4.74. The van der Waals surface area contributed by atoms with Crippen LogP contribution in [-0.2, 0) is 6.42 Å². The molecule has 0 saturated heterocycles. The minimum atomic E-state index is -0.0903. The summed E-state index contributed by atoms with van der Waals surface area (Å²) < 4.78 is 5.33. The number of thiophene rings is 1. The minimum absolute atomic E-state index is 0.0903. The van der Waals surface area contributed by atoms with Crippen molar-refractivity contribution in [2.45, 2.75) is 19.4 Å². The highest BCUT2D eigenvalue weighted by Crippen LogP contribution is 2.34. The van der Waals surface area contributed by atoms with E-state index >= 15 is 0 Å². The van der Waals surface area contributed by atoms with Gasteiger partial charge in [-0.15, -0.1) is 11.3 Å². The number of methoxy groups -OCH3 is 1. The smallest absolute Gasteiger partial charge is 0.122 e. The van der Waals surface area contributed by atoms with E-state index in [1.54, 1.807) is 18.4 Å². The van der Waals surface area contributed by atoms with Crippen LogP contribution in [0.1, 0.15) is 22.0 Å². The van der Waals surface area contributed by atoms with E-state index in [9.17, 15) is 0 Å². The fourth-order valence-electron chi connectivity index (χ4n) is 1.90. The monoisotopic (exact) mass is 281 g/mol. The van der Waals surface area contributed by atoms with Gasteiger partial charge in [-0.25, -0.2) is 0 Å². The van der Waals surface area contributed by atoms with Gasteiger partial charge < -0.3 is 10.5 Å². The molecule has 1 unspecified atom stereocenters. The molecule has 0 radical (unpaired) electrons. The van der Waals surface area contributed by atoms with Gasteiger partial charge in [0.1, 0.15) is 5.75 Å². The predicted molar refractivity (Wildman–Crippen MR) is 77.7 cm³/mol. The highest BCUT2D eigenvalue weighted by molar-refractivity contribution is 7.10. The molecule has 2 aromatic rings. The molecule has 2 rings (SSSR count). The Morgan fingerprint density at radius 1 is 1.39 bits per heavy atom. The fourth-order valence-corrected chi connectivity index (χ4v) is 3.24. The second kappa shape index (κ2) is 5.74. The van der Waals surface area contributed by atoms with Gasteiger partial charge in [0.05, 0.1) is 12.1 Å². The van der Waals surface area contributed by atoms with Crippen LogP contribution >= 0.6 is 22.9 Å². The number of benzene rings is 1. The van der Waals surface area contributed by atoms with E-state index < -0.39 is 0 Å². The van der Waals surface area contributed by atoms with Gasteiger partial charge >= 0.3 is 0 Å². The molecule has 0 bridgehead atoms. The lowest BCUT2D eigenvalue weighted by Gasteiger charge is -2.13. The number of para-hydroxylation sites is 1. The molecule has 96 valence electrons. The quantitative estimate of drug-likeness (QED) is 0.921. The standard InChI is InChI=1S/C14H16ClNOS/c1-9-8-18-14(13(9)15)11(16)7-10-5-3-4-6-12(10)17-2/h3-6,8,11H,7,16H2,1-2H3. The molecule has 1 aromatic carbocycles. The van der Waals surface area contributed by atoms with Crippen LogP contribution in [0.15, 0.2) is 29.6 Å². The average Bonchev–Trinajstić information content (AvgIpc) is 2.71. The maximum Gasteiger partial charge on any atom is 0.122 e. The van der Waals surface area contributed by atoms with E-state index in [2.05, 4.69) is 0 Å².